The monoisotopic (exact) mass is 475 g/mol. The molecule has 5 heterocycles. The minimum Gasteiger partial charge on any atom is -0.493 e. The number of ether oxygens (including phenoxy) is 2. The minimum atomic E-state index is -0.285. The van der Waals surface area contributed by atoms with Gasteiger partial charge in [-0.2, -0.15) is 0 Å². The third-order valence-corrected chi connectivity index (χ3v) is 6.39. The summed E-state index contributed by atoms with van der Waals surface area (Å²) >= 11 is 0. The first kappa shape index (κ1) is 21.3. The van der Waals surface area contributed by atoms with E-state index in [9.17, 15) is 9.18 Å². The highest BCUT2D eigenvalue weighted by atomic mass is 19.1. The molecule has 0 spiro atoms. The van der Waals surface area contributed by atoms with E-state index in [1.54, 1.807) is 37.1 Å². The van der Waals surface area contributed by atoms with E-state index in [2.05, 4.69) is 25.5 Å². The Morgan fingerprint density at radius 1 is 1.20 bits per heavy atom. The molecule has 0 bridgehead atoms. The molecule has 11 heteroatoms. The Bertz CT molecular complexity index is 1500. The van der Waals surface area contributed by atoms with Crippen LogP contribution in [0.25, 0.3) is 16.8 Å². The van der Waals surface area contributed by atoms with Crippen molar-refractivity contribution in [3.8, 4) is 22.6 Å². The van der Waals surface area contributed by atoms with Crippen molar-refractivity contribution in [2.75, 3.05) is 32.6 Å². The zero-order valence-electron chi connectivity index (χ0n) is 19.4. The van der Waals surface area contributed by atoms with Gasteiger partial charge in [0.05, 0.1) is 19.1 Å². The van der Waals surface area contributed by atoms with Crippen LogP contribution in [0.5, 0.6) is 11.5 Å². The van der Waals surface area contributed by atoms with Crippen molar-refractivity contribution < 1.29 is 18.7 Å². The molecule has 10 nitrogen and oxygen atoms in total. The van der Waals surface area contributed by atoms with Crippen molar-refractivity contribution in [3.05, 3.63) is 59.2 Å². The first-order valence-corrected chi connectivity index (χ1v) is 11.2. The second-order valence-electron chi connectivity index (χ2n) is 8.80. The summed E-state index contributed by atoms with van der Waals surface area (Å²) < 4.78 is 28.6. The van der Waals surface area contributed by atoms with E-state index in [0.717, 1.165) is 5.56 Å². The Morgan fingerprint density at radius 3 is 2.77 bits per heavy atom. The number of amides is 1. The number of benzene rings is 1. The number of nitrogens with one attached hydrogen (secondary N) is 1. The van der Waals surface area contributed by atoms with Gasteiger partial charge in [0, 0.05) is 54.8 Å². The predicted molar refractivity (Wildman–Crippen MR) is 124 cm³/mol. The predicted octanol–water partition coefficient (Wildman–Crippen LogP) is 2.82. The SMILES string of the molecule is Cc1nc(C(=O)N(C)C)ncc1-c1cc2c(n3cnnc13)NCc1c(F)ccc3c1C(CO3)CO2. The number of rotatable bonds is 2. The summed E-state index contributed by atoms with van der Waals surface area (Å²) in [4.78, 5) is 22.4. The van der Waals surface area contributed by atoms with Crippen molar-refractivity contribution in [2.45, 2.75) is 19.4 Å². The average molecular weight is 475 g/mol. The van der Waals surface area contributed by atoms with Crippen molar-refractivity contribution in [1.82, 2.24) is 29.5 Å². The molecule has 1 aromatic carbocycles. The maximum Gasteiger partial charge on any atom is 0.291 e. The Kier molecular flexibility index (Phi) is 4.80. The van der Waals surface area contributed by atoms with E-state index in [1.807, 2.05) is 13.0 Å². The number of carbonyl (C=O) groups is 1. The van der Waals surface area contributed by atoms with Crippen LogP contribution in [-0.4, -0.2) is 62.7 Å². The fourth-order valence-electron chi connectivity index (χ4n) is 4.62. The summed E-state index contributed by atoms with van der Waals surface area (Å²) in [5.74, 6) is 1.33. The zero-order chi connectivity index (χ0) is 24.3. The topological polar surface area (TPSA) is 107 Å². The number of anilines is 1. The highest BCUT2D eigenvalue weighted by Crippen LogP contribution is 2.42. The zero-order valence-corrected chi connectivity index (χ0v) is 19.4. The lowest BCUT2D eigenvalue weighted by Gasteiger charge is -2.17. The maximum atomic E-state index is 14.8. The lowest BCUT2D eigenvalue weighted by molar-refractivity contribution is 0.0815. The molecular weight excluding hydrogens is 453 g/mol. The molecule has 0 saturated carbocycles. The highest BCUT2D eigenvalue weighted by Gasteiger charge is 2.32. The van der Waals surface area contributed by atoms with Gasteiger partial charge in [-0.25, -0.2) is 14.4 Å². The fourth-order valence-corrected chi connectivity index (χ4v) is 4.62. The number of hydrogen-bond acceptors (Lipinski definition) is 8. The van der Waals surface area contributed by atoms with E-state index in [0.29, 0.717) is 58.6 Å². The van der Waals surface area contributed by atoms with Crippen LogP contribution in [0.1, 0.15) is 33.4 Å². The van der Waals surface area contributed by atoms with Gasteiger partial charge in [-0.05, 0) is 25.1 Å². The molecule has 0 aliphatic carbocycles. The van der Waals surface area contributed by atoms with Crippen molar-refractivity contribution >= 4 is 17.4 Å². The van der Waals surface area contributed by atoms with Crippen LogP contribution < -0.4 is 14.8 Å². The summed E-state index contributed by atoms with van der Waals surface area (Å²) in [6.45, 7) is 2.81. The third-order valence-electron chi connectivity index (χ3n) is 6.39. The molecular formula is C24H22FN7O3. The third kappa shape index (κ3) is 3.34. The van der Waals surface area contributed by atoms with E-state index >= 15 is 0 Å². The fraction of sp³-hybridized carbons (Fsp3) is 0.292. The number of pyridine rings is 1. The normalized spacial score (nSPS) is 16.2. The number of halogens is 1. The van der Waals surface area contributed by atoms with Crippen molar-refractivity contribution in [2.24, 2.45) is 0 Å². The first-order chi connectivity index (χ1) is 16.9. The van der Waals surface area contributed by atoms with Crippen LogP contribution in [0.3, 0.4) is 0 Å². The Labute approximate surface area is 199 Å². The quantitative estimate of drug-likeness (QED) is 0.472. The molecule has 1 atom stereocenters. The van der Waals surface area contributed by atoms with Gasteiger partial charge in [0.2, 0.25) is 5.82 Å². The molecule has 2 aliphatic heterocycles. The molecule has 0 fully saturated rings. The van der Waals surface area contributed by atoms with Crippen LogP contribution in [-0.2, 0) is 6.54 Å². The molecule has 178 valence electrons. The minimum absolute atomic E-state index is 0.0927. The van der Waals surface area contributed by atoms with Crippen molar-refractivity contribution in [3.63, 3.8) is 0 Å². The number of fused-ring (bicyclic) bond motifs is 3. The number of nitrogens with zero attached hydrogens (tertiary/aromatic N) is 6. The van der Waals surface area contributed by atoms with E-state index in [1.165, 1.54) is 11.0 Å². The second-order valence-corrected chi connectivity index (χ2v) is 8.80. The molecule has 4 aromatic rings. The van der Waals surface area contributed by atoms with E-state index in [-0.39, 0.29) is 30.0 Å². The highest BCUT2D eigenvalue weighted by molar-refractivity contribution is 5.91. The molecule has 1 unspecified atom stereocenters. The Morgan fingerprint density at radius 2 is 2.00 bits per heavy atom. The molecule has 1 N–H and O–H groups in total. The van der Waals surface area contributed by atoms with Gasteiger partial charge in [0.1, 0.15) is 17.9 Å². The average Bonchev–Trinajstić information content (AvgIpc) is 3.50. The van der Waals surface area contributed by atoms with E-state index < -0.39 is 0 Å². The van der Waals surface area contributed by atoms with Crippen molar-refractivity contribution in [1.29, 1.82) is 0 Å². The molecule has 35 heavy (non-hydrogen) atoms. The standard InChI is InChI=1S/C24H22FN7O3/c1-12-15(7-26-21(29-12)24(33)31(2)3)14-6-19-23(32-11-28-30-22(14)32)27-8-16-17(25)4-5-18-20(16)13(9-34-18)10-35-19/h4-7,11,13,27H,8-10H2,1-3H3. The Hall–Kier alpha value is -4.28. The van der Waals surface area contributed by atoms with Gasteiger partial charge in [-0.15, -0.1) is 10.2 Å². The van der Waals surface area contributed by atoms with Gasteiger partial charge < -0.3 is 19.7 Å². The molecule has 0 radical (unpaired) electrons. The largest absolute Gasteiger partial charge is 0.493 e. The van der Waals surface area contributed by atoms with E-state index in [4.69, 9.17) is 9.47 Å². The number of aromatic nitrogens is 5. The summed E-state index contributed by atoms with van der Waals surface area (Å²) in [6, 6.07) is 4.96. The second kappa shape index (κ2) is 7.90. The van der Waals surface area contributed by atoms with Crippen LogP contribution in [0, 0.1) is 12.7 Å². The summed E-state index contributed by atoms with van der Waals surface area (Å²) in [5, 5.41) is 11.7. The smallest absolute Gasteiger partial charge is 0.291 e. The summed E-state index contributed by atoms with van der Waals surface area (Å²) in [7, 11) is 3.30. The maximum absolute atomic E-state index is 14.8. The lowest BCUT2D eigenvalue weighted by atomic mass is 9.96. The van der Waals surface area contributed by atoms with Gasteiger partial charge in [0.25, 0.3) is 5.91 Å². The van der Waals surface area contributed by atoms with Gasteiger partial charge in [-0.3, -0.25) is 9.20 Å². The lowest BCUT2D eigenvalue weighted by Crippen LogP contribution is -2.24. The molecule has 1 amide bonds. The van der Waals surface area contributed by atoms with Crippen LogP contribution in [0.2, 0.25) is 0 Å². The molecule has 0 saturated heterocycles. The number of carbonyl (C=O) groups excluding carboxylic acids is 1. The van der Waals surface area contributed by atoms with Gasteiger partial charge in [0.15, 0.2) is 17.2 Å². The Balaban J connectivity index is 1.47. The van der Waals surface area contributed by atoms with Crippen LogP contribution in [0.4, 0.5) is 10.2 Å². The number of hydrogen-bond donors (Lipinski definition) is 1. The van der Waals surface area contributed by atoms with Crippen LogP contribution >= 0.6 is 0 Å². The van der Waals surface area contributed by atoms with Gasteiger partial charge in [-0.1, -0.05) is 0 Å². The number of aryl methyl sites for hydroxylation is 1. The van der Waals surface area contributed by atoms with Crippen LogP contribution in [0.15, 0.2) is 30.7 Å². The first-order valence-electron chi connectivity index (χ1n) is 11.2. The molecule has 6 rings (SSSR count). The summed E-state index contributed by atoms with van der Waals surface area (Å²) in [6.07, 6.45) is 3.19. The summed E-state index contributed by atoms with van der Waals surface area (Å²) in [5.41, 5.74) is 3.99. The molecule has 2 aliphatic rings. The van der Waals surface area contributed by atoms with Gasteiger partial charge >= 0.3 is 0 Å². The molecule has 3 aromatic heterocycles.